The summed E-state index contributed by atoms with van der Waals surface area (Å²) in [5, 5.41) is 1.46. The third-order valence-corrected chi connectivity index (χ3v) is 4.96. The third-order valence-electron chi connectivity index (χ3n) is 4.96. The molecule has 6 heteroatoms. The van der Waals surface area contributed by atoms with Crippen molar-refractivity contribution in [3.05, 3.63) is 127 Å². The van der Waals surface area contributed by atoms with Crippen LogP contribution in [-0.2, 0) is 31.9 Å². The number of carbonyl (C=O) groups is 2. The van der Waals surface area contributed by atoms with Gasteiger partial charge in [0.05, 0.1) is 12.0 Å². The van der Waals surface area contributed by atoms with E-state index >= 15 is 0 Å². The van der Waals surface area contributed by atoms with E-state index in [0.29, 0.717) is 12.0 Å². The summed E-state index contributed by atoms with van der Waals surface area (Å²) in [4.78, 5) is 25.2. The molecule has 0 saturated carbocycles. The van der Waals surface area contributed by atoms with Gasteiger partial charge in [0.25, 0.3) is 5.91 Å². The summed E-state index contributed by atoms with van der Waals surface area (Å²) >= 11 is 0. The number of hydrazine groups is 1. The van der Waals surface area contributed by atoms with E-state index in [0.717, 1.165) is 11.1 Å². The maximum Gasteiger partial charge on any atom is 1.00 e. The molecule has 0 aromatic heterocycles. The Balaban J connectivity index is 0.00000289. The fourth-order valence-corrected chi connectivity index (χ4v) is 3.47. The van der Waals surface area contributed by atoms with E-state index in [1.54, 1.807) is 24.3 Å². The van der Waals surface area contributed by atoms with Crippen molar-refractivity contribution >= 4 is 18.1 Å². The molecule has 0 aliphatic carbocycles. The van der Waals surface area contributed by atoms with Crippen LogP contribution in [0.4, 0.5) is 0 Å². The molecule has 3 aromatic rings. The van der Waals surface area contributed by atoms with E-state index in [1.165, 1.54) is 11.6 Å². The second kappa shape index (κ2) is 10.8. The minimum absolute atomic E-state index is 0. The number of hydrazone groups is 1. The number of hydrogen-bond acceptors (Lipinski definition) is 3. The quantitative estimate of drug-likeness (QED) is 0.136. The summed E-state index contributed by atoms with van der Waals surface area (Å²) in [7, 11) is 0. The summed E-state index contributed by atoms with van der Waals surface area (Å²) in [5.74, 6) is -0.549. The van der Waals surface area contributed by atoms with Crippen LogP contribution < -0.4 is 0 Å². The van der Waals surface area contributed by atoms with Crippen LogP contribution in [0.25, 0.3) is 0 Å². The van der Waals surface area contributed by atoms with Crippen molar-refractivity contribution < 1.29 is 41.4 Å². The van der Waals surface area contributed by atoms with Crippen LogP contribution >= 0.6 is 0 Å². The molecule has 1 fully saturated rings. The van der Waals surface area contributed by atoms with Crippen molar-refractivity contribution in [2.75, 3.05) is 0 Å². The first-order valence-electron chi connectivity index (χ1n) is 9.98. The zero-order valence-corrected chi connectivity index (χ0v) is 19.4. The SMILES string of the molecule is C=C([CH-]N1C(=O)C[C@H](c2ccccc2)/[N+]1=C/c1ccccc1)OC(=O)c1ccccc1.[Au+]. The second-order valence-electron chi connectivity index (χ2n) is 7.14. The largest absolute Gasteiger partial charge is 1.00 e. The van der Waals surface area contributed by atoms with Gasteiger partial charge in [0.2, 0.25) is 12.3 Å². The first-order valence-corrected chi connectivity index (χ1v) is 9.98. The molecule has 164 valence electrons. The van der Waals surface area contributed by atoms with Gasteiger partial charge in [0.1, 0.15) is 0 Å². The molecule has 32 heavy (non-hydrogen) atoms. The van der Waals surface area contributed by atoms with Gasteiger partial charge in [-0.1, -0.05) is 66.7 Å². The molecule has 0 spiro atoms. The number of hydrogen-bond donors (Lipinski definition) is 0. The molecule has 1 aliphatic rings. The van der Waals surface area contributed by atoms with Crippen molar-refractivity contribution in [2.45, 2.75) is 12.5 Å². The molecule has 1 saturated heterocycles. The van der Waals surface area contributed by atoms with Crippen LogP contribution in [0.2, 0.25) is 0 Å². The number of ether oxygens (including phenoxy) is 1. The van der Waals surface area contributed by atoms with Crippen LogP contribution in [-0.4, -0.2) is 27.8 Å². The molecule has 0 unspecified atom stereocenters. The van der Waals surface area contributed by atoms with Crippen molar-refractivity contribution in [3.63, 3.8) is 0 Å². The number of benzene rings is 3. The van der Waals surface area contributed by atoms with Crippen LogP contribution in [0.15, 0.2) is 103 Å². The van der Waals surface area contributed by atoms with E-state index < -0.39 is 5.97 Å². The van der Waals surface area contributed by atoms with Crippen LogP contribution in [0.5, 0.6) is 0 Å². The summed E-state index contributed by atoms with van der Waals surface area (Å²) < 4.78 is 7.22. The smallest absolute Gasteiger partial charge is 0.461 e. The molecule has 1 atom stereocenters. The Hall–Kier alpha value is -3.38. The molecule has 0 bridgehead atoms. The summed E-state index contributed by atoms with van der Waals surface area (Å²) in [6.07, 6.45) is 2.20. The topological polar surface area (TPSA) is 49.6 Å². The van der Waals surface area contributed by atoms with Gasteiger partial charge in [0.15, 0.2) is 0 Å². The average molecular weight is 607 g/mol. The number of amides is 1. The van der Waals surface area contributed by atoms with Gasteiger partial charge < -0.3 is 4.74 Å². The Morgan fingerprint density at radius 2 is 1.53 bits per heavy atom. The van der Waals surface area contributed by atoms with Gasteiger partial charge in [-0.05, 0) is 36.6 Å². The summed E-state index contributed by atoms with van der Waals surface area (Å²) in [6.45, 7) is 5.29. The predicted molar refractivity (Wildman–Crippen MR) is 118 cm³/mol. The molecule has 1 amide bonds. The Labute approximate surface area is 203 Å². The molecule has 1 heterocycles. The standard InChI is InChI=1S/C26H22N2O3.Au/c1-20(31-26(30)23-15-9-4-10-16-23)18-28-25(29)17-24(22-13-7-3-8-14-22)27(28)19-21-11-5-2-6-12-21;/h2-16,18-19,24H,1,17H2;/q;+1/b27-19-;/t24-;/m1./s1. The minimum atomic E-state index is -0.522. The summed E-state index contributed by atoms with van der Waals surface area (Å²) in [5.41, 5.74) is 2.38. The molecule has 5 nitrogen and oxygen atoms in total. The molecular formula is C26H22AuN2O3+. The Kier molecular flexibility index (Phi) is 7.84. The van der Waals surface area contributed by atoms with Crippen molar-refractivity contribution in [2.24, 2.45) is 0 Å². The molecular weight excluding hydrogens is 585 g/mol. The van der Waals surface area contributed by atoms with Crippen LogP contribution in [0.3, 0.4) is 0 Å². The number of esters is 1. The van der Waals surface area contributed by atoms with Gasteiger partial charge in [0, 0.05) is 11.1 Å². The molecule has 3 aromatic carbocycles. The second-order valence-corrected chi connectivity index (χ2v) is 7.14. The molecule has 1 aliphatic heterocycles. The van der Waals surface area contributed by atoms with Gasteiger partial charge >= 0.3 is 28.3 Å². The van der Waals surface area contributed by atoms with E-state index in [2.05, 4.69) is 6.58 Å². The van der Waals surface area contributed by atoms with Gasteiger partial charge in [-0.3, -0.25) is 4.79 Å². The zero-order chi connectivity index (χ0) is 21.6. The van der Waals surface area contributed by atoms with Crippen molar-refractivity contribution in [3.8, 4) is 0 Å². The minimum Gasteiger partial charge on any atom is -0.461 e. The fourth-order valence-electron chi connectivity index (χ4n) is 3.47. The first kappa shape index (κ1) is 23.3. The predicted octanol–water partition coefficient (Wildman–Crippen LogP) is 4.54. The normalized spacial score (nSPS) is 16.4. The van der Waals surface area contributed by atoms with Gasteiger partial charge in [-0.15, -0.1) is 4.68 Å². The Morgan fingerprint density at radius 1 is 0.969 bits per heavy atom. The Bertz CT molecular complexity index is 1120. The fraction of sp³-hybridized carbons (Fsp3) is 0.0769. The number of carbonyl (C=O) groups excluding carboxylic acids is 2. The van der Waals surface area contributed by atoms with Crippen LogP contribution in [0, 0.1) is 6.54 Å². The average Bonchev–Trinajstić information content (AvgIpc) is 3.10. The number of nitrogens with zero attached hydrogens (tertiary/aromatic N) is 2. The van der Waals surface area contributed by atoms with E-state index in [9.17, 15) is 9.59 Å². The monoisotopic (exact) mass is 607 g/mol. The first-order chi connectivity index (χ1) is 15.1. The van der Waals surface area contributed by atoms with Crippen LogP contribution in [0.1, 0.15) is 33.9 Å². The number of rotatable bonds is 6. The van der Waals surface area contributed by atoms with Crippen molar-refractivity contribution in [1.82, 2.24) is 5.01 Å². The van der Waals surface area contributed by atoms with E-state index in [4.69, 9.17) is 4.74 Å². The van der Waals surface area contributed by atoms with Crippen molar-refractivity contribution in [1.29, 1.82) is 0 Å². The maximum atomic E-state index is 12.9. The molecule has 0 N–H and O–H groups in total. The van der Waals surface area contributed by atoms with E-state index in [-0.39, 0.29) is 40.1 Å². The summed E-state index contributed by atoms with van der Waals surface area (Å²) in [6, 6.07) is 28.1. The Morgan fingerprint density at radius 3 is 2.16 bits per heavy atom. The zero-order valence-electron chi connectivity index (χ0n) is 17.2. The van der Waals surface area contributed by atoms with Gasteiger partial charge in [-0.2, -0.15) is 5.01 Å². The molecule has 4 rings (SSSR count). The van der Waals surface area contributed by atoms with E-state index in [1.807, 2.05) is 77.6 Å². The molecule has 0 radical (unpaired) electrons. The van der Waals surface area contributed by atoms with Gasteiger partial charge in [-0.25, -0.2) is 11.4 Å². The maximum absolute atomic E-state index is 12.9. The third kappa shape index (κ3) is 5.45.